The number of hydrogen-bond donors (Lipinski definition) is 2. The number of aromatic nitrogens is 1. The second-order valence-electron chi connectivity index (χ2n) is 9.74. The Morgan fingerprint density at radius 1 is 1.25 bits per heavy atom. The molecule has 3 aliphatic rings. The predicted octanol–water partition coefficient (Wildman–Crippen LogP) is 1.84. The summed E-state index contributed by atoms with van der Waals surface area (Å²) in [6, 6.07) is 3.02. The number of nitrogens with zero attached hydrogens (tertiary/aromatic N) is 2. The molecule has 0 bridgehead atoms. The summed E-state index contributed by atoms with van der Waals surface area (Å²) in [7, 11) is -3.29. The fourth-order valence-electron chi connectivity index (χ4n) is 4.85. The highest BCUT2D eigenvalue weighted by Crippen LogP contribution is 2.53. The molecule has 4 N–H and O–H groups in total. The maximum Gasteiger partial charge on any atom is 0.410 e. The van der Waals surface area contributed by atoms with Crippen LogP contribution in [-0.4, -0.2) is 67.0 Å². The first-order valence-corrected chi connectivity index (χ1v) is 13.2. The molecule has 2 saturated carbocycles. The standard InChI is InChI=1S/C22H34N4O5S/c1-3-20(8-9-20)31-19(27)26-11-6-16(7-12-26)22(24)15-21(22,23)10-13-30-18-5-4-17(14-25-18)32(2,28)29/h4-5,14,16H,3,6-13,15,23-24H2,1-2H3/t21-,22-/m0/s1. The van der Waals surface area contributed by atoms with Gasteiger partial charge in [-0.3, -0.25) is 0 Å². The predicted molar refractivity (Wildman–Crippen MR) is 119 cm³/mol. The van der Waals surface area contributed by atoms with Gasteiger partial charge in [-0.2, -0.15) is 0 Å². The van der Waals surface area contributed by atoms with Crippen LogP contribution in [-0.2, 0) is 14.6 Å². The molecule has 0 spiro atoms. The monoisotopic (exact) mass is 466 g/mol. The van der Waals surface area contributed by atoms with Gasteiger partial charge in [-0.1, -0.05) is 6.92 Å². The van der Waals surface area contributed by atoms with Gasteiger partial charge >= 0.3 is 6.09 Å². The second kappa shape index (κ2) is 8.14. The lowest BCUT2D eigenvalue weighted by Gasteiger charge is -2.36. The quantitative estimate of drug-likeness (QED) is 0.592. The van der Waals surface area contributed by atoms with Crippen molar-refractivity contribution in [2.24, 2.45) is 17.4 Å². The maximum atomic E-state index is 12.5. The van der Waals surface area contributed by atoms with E-state index in [1.165, 1.54) is 12.3 Å². The van der Waals surface area contributed by atoms with Crippen molar-refractivity contribution < 1.29 is 22.7 Å². The molecule has 1 saturated heterocycles. The lowest BCUT2D eigenvalue weighted by atomic mass is 9.84. The van der Waals surface area contributed by atoms with Gasteiger partial charge in [0.2, 0.25) is 5.88 Å². The van der Waals surface area contributed by atoms with E-state index in [1.54, 1.807) is 11.0 Å². The highest BCUT2D eigenvalue weighted by atomic mass is 32.2. The SMILES string of the molecule is CCC1(OC(=O)N2CCC([C@@]3(N)C[C@@]3(N)CCOc3ccc(S(C)(=O)=O)cn3)CC2)CC1. The molecule has 4 rings (SSSR count). The summed E-state index contributed by atoms with van der Waals surface area (Å²) >= 11 is 0. The third-order valence-corrected chi connectivity index (χ3v) is 8.68. The Kier molecular flexibility index (Phi) is 5.92. The fraction of sp³-hybridized carbons (Fsp3) is 0.727. The number of hydrogen-bond acceptors (Lipinski definition) is 8. The van der Waals surface area contributed by atoms with E-state index >= 15 is 0 Å². The molecule has 3 fully saturated rings. The minimum Gasteiger partial charge on any atom is -0.478 e. The number of piperidine rings is 1. The Bertz CT molecular complexity index is 957. The smallest absolute Gasteiger partial charge is 0.410 e. The van der Waals surface area contributed by atoms with Crippen LogP contribution >= 0.6 is 0 Å². The van der Waals surface area contributed by atoms with E-state index in [4.69, 9.17) is 20.9 Å². The molecule has 32 heavy (non-hydrogen) atoms. The van der Waals surface area contributed by atoms with Crippen LogP contribution in [0.4, 0.5) is 4.79 Å². The van der Waals surface area contributed by atoms with Gasteiger partial charge < -0.3 is 25.8 Å². The summed E-state index contributed by atoms with van der Waals surface area (Å²) in [5.74, 6) is 0.612. The Balaban J connectivity index is 1.23. The molecular formula is C22H34N4O5S. The number of ether oxygens (including phenoxy) is 2. The van der Waals surface area contributed by atoms with E-state index in [9.17, 15) is 13.2 Å². The summed E-state index contributed by atoms with van der Waals surface area (Å²) in [5.41, 5.74) is 12.1. The Morgan fingerprint density at radius 3 is 2.47 bits per heavy atom. The van der Waals surface area contributed by atoms with Crippen LogP contribution in [0.1, 0.15) is 51.9 Å². The van der Waals surface area contributed by atoms with Gasteiger partial charge in [0.1, 0.15) is 5.60 Å². The molecule has 0 unspecified atom stereocenters. The first kappa shape index (κ1) is 23.3. The van der Waals surface area contributed by atoms with E-state index in [-0.39, 0.29) is 22.5 Å². The van der Waals surface area contributed by atoms with E-state index in [0.717, 1.165) is 44.8 Å². The van der Waals surface area contributed by atoms with Crippen LogP contribution in [0.3, 0.4) is 0 Å². The van der Waals surface area contributed by atoms with E-state index < -0.39 is 20.9 Å². The van der Waals surface area contributed by atoms with Crippen molar-refractivity contribution in [3.05, 3.63) is 18.3 Å². The summed E-state index contributed by atoms with van der Waals surface area (Å²) in [5, 5.41) is 0. The van der Waals surface area contributed by atoms with Crippen LogP contribution in [0.25, 0.3) is 0 Å². The number of pyridine rings is 1. The summed E-state index contributed by atoms with van der Waals surface area (Å²) in [6.07, 6.45) is 7.97. The second-order valence-corrected chi connectivity index (χ2v) is 11.8. The van der Waals surface area contributed by atoms with Crippen molar-refractivity contribution in [1.82, 2.24) is 9.88 Å². The summed E-state index contributed by atoms with van der Waals surface area (Å²) < 4.78 is 34.4. The van der Waals surface area contributed by atoms with Crippen molar-refractivity contribution in [1.29, 1.82) is 0 Å². The van der Waals surface area contributed by atoms with E-state index in [2.05, 4.69) is 11.9 Å². The Morgan fingerprint density at radius 2 is 1.94 bits per heavy atom. The highest BCUT2D eigenvalue weighted by molar-refractivity contribution is 7.90. The van der Waals surface area contributed by atoms with E-state index in [1.807, 2.05) is 0 Å². The summed E-state index contributed by atoms with van der Waals surface area (Å²) in [4.78, 5) is 18.5. The average molecular weight is 467 g/mol. The van der Waals surface area contributed by atoms with Crippen molar-refractivity contribution in [3.8, 4) is 5.88 Å². The van der Waals surface area contributed by atoms with E-state index in [0.29, 0.717) is 32.0 Å². The first-order chi connectivity index (χ1) is 15.0. The fourth-order valence-corrected chi connectivity index (χ4v) is 5.41. The van der Waals surface area contributed by atoms with Crippen molar-refractivity contribution in [3.63, 3.8) is 0 Å². The molecule has 2 atom stereocenters. The van der Waals surface area contributed by atoms with Gasteiger partial charge in [-0.15, -0.1) is 0 Å². The van der Waals surface area contributed by atoms with Crippen molar-refractivity contribution >= 4 is 15.9 Å². The number of carbonyl (C=O) groups is 1. The lowest BCUT2D eigenvalue weighted by Crippen LogP contribution is -2.51. The number of nitrogens with two attached hydrogens (primary N) is 2. The van der Waals surface area contributed by atoms with Crippen molar-refractivity contribution in [2.45, 2.75) is 73.4 Å². The minimum absolute atomic E-state index is 0.153. The molecule has 9 nitrogen and oxygen atoms in total. The zero-order valence-corrected chi connectivity index (χ0v) is 19.7. The summed E-state index contributed by atoms with van der Waals surface area (Å²) in [6.45, 7) is 3.70. The maximum absolute atomic E-state index is 12.5. The Labute approximate surface area is 189 Å². The molecule has 0 radical (unpaired) electrons. The van der Waals surface area contributed by atoms with Gasteiger partial charge in [-0.05, 0) is 50.5 Å². The molecule has 2 aliphatic carbocycles. The third kappa shape index (κ3) is 4.58. The normalized spacial score (nSPS) is 29.4. The van der Waals surface area contributed by atoms with Crippen molar-refractivity contribution in [2.75, 3.05) is 26.0 Å². The zero-order chi connectivity index (χ0) is 23.2. The highest BCUT2D eigenvalue weighted by Gasteiger charge is 2.66. The molecule has 0 aromatic carbocycles. The van der Waals surface area contributed by atoms with Gasteiger partial charge in [0, 0.05) is 49.1 Å². The lowest BCUT2D eigenvalue weighted by molar-refractivity contribution is 0.0369. The number of carbonyl (C=O) groups excluding carboxylic acids is 1. The molecule has 2 heterocycles. The largest absolute Gasteiger partial charge is 0.478 e. The van der Waals surface area contributed by atoms with Crippen LogP contribution in [0.15, 0.2) is 23.2 Å². The minimum atomic E-state index is -3.29. The first-order valence-electron chi connectivity index (χ1n) is 11.3. The van der Waals surface area contributed by atoms with Crippen LogP contribution in [0.5, 0.6) is 5.88 Å². The molecule has 10 heteroatoms. The molecular weight excluding hydrogens is 432 g/mol. The zero-order valence-electron chi connectivity index (χ0n) is 18.9. The van der Waals surface area contributed by atoms with Gasteiger partial charge in [0.05, 0.1) is 11.5 Å². The third-order valence-electron chi connectivity index (χ3n) is 7.58. The average Bonchev–Trinajstić information content (AvgIpc) is 3.64. The van der Waals surface area contributed by atoms with Gasteiger partial charge in [0.15, 0.2) is 9.84 Å². The van der Waals surface area contributed by atoms with Crippen LogP contribution in [0, 0.1) is 5.92 Å². The number of amides is 1. The topological polar surface area (TPSA) is 138 Å². The molecule has 1 aliphatic heterocycles. The van der Waals surface area contributed by atoms with Gasteiger partial charge in [0.25, 0.3) is 0 Å². The van der Waals surface area contributed by atoms with Crippen LogP contribution < -0.4 is 16.2 Å². The Hall–Kier alpha value is -1.91. The molecule has 1 aromatic rings. The number of rotatable bonds is 8. The van der Waals surface area contributed by atoms with Crippen LogP contribution in [0.2, 0.25) is 0 Å². The molecule has 1 amide bonds. The molecule has 1 aromatic heterocycles. The molecule has 178 valence electrons. The number of sulfone groups is 1. The van der Waals surface area contributed by atoms with Gasteiger partial charge in [-0.25, -0.2) is 18.2 Å². The number of likely N-dealkylation sites (tertiary alicyclic amines) is 1.